The van der Waals surface area contributed by atoms with Crippen LogP contribution in [0.1, 0.15) is 61.5 Å². The minimum absolute atomic E-state index is 0.0484. The maximum absolute atomic E-state index is 12.3. The number of ether oxygens (including phenoxy) is 1. The summed E-state index contributed by atoms with van der Waals surface area (Å²) in [5.74, 6) is -0.699. The van der Waals surface area contributed by atoms with Crippen LogP contribution in [-0.4, -0.2) is 18.0 Å². The molecule has 1 N–H and O–H groups in total. The smallest absolute Gasteiger partial charge is 0.309 e. The molecule has 0 radical (unpaired) electrons. The lowest BCUT2D eigenvalue weighted by Crippen LogP contribution is -2.34. The van der Waals surface area contributed by atoms with Gasteiger partial charge in [-0.2, -0.15) is 5.26 Å². The van der Waals surface area contributed by atoms with Crippen LogP contribution >= 0.6 is 11.3 Å². The molecule has 24 heavy (non-hydrogen) atoms. The van der Waals surface area contributed by atoms with Gasteiger partial charge in [0.2, 0.25) is 0 Å². The summed E-state index contributed by atoms with van der Waals surface area (Å²) in [4.78, 5) is 25.4. The van der Waals surface area contributed by atoms with E-state index in [-0.39, 0.29) is 17.8 Å². The number of nitriles is 1. The molecule has 0 saturated heterocycles. The number of hydrogen-bond donors (Lipinski definition) is 1. The van der Waals surface area contributed by atoms with Gasteiger partial charge in [-0.05, 0) is 51.0 Å². The fourth-order valence-electron chi connectivity index (χ4n) is 3.13. The van der Waals surface area contributed by atoms with Gasteiger partial charge >= 0.3 is 5.97 Å². The number of nitrogens with one attached hydrogen (secondary N) is 1. The van der Waals surface area contributed by atoms with Crippen molar-refractivity contribution in [2.24, 2.45) is 5.92 Å². The summed E-state index contributed by atoms with van der Waals surface area (Å²) in [6.45, 7) is 1.58. The van der Waals surface area contributed by atoms with Crippen LogP contribution in [0, 0.1) is 17.2 Å². The highest BCUT2D eigenvalue weighted by Gasteiger charge is 2.30. The summed E-state index contributed by atoms with van der Waals surface area (Å²) in [6, 6.07) is 2.24. The zero-order chi connectivity index (χ0) is 17.1. The van der Waals surface area contributed by atoms with Crippen molar-refractivity contribution in [2.45, 2.75) is 64.4 Å². The second kappa shape index (κ2) is 7.35. The summed E-state index contributed by atoms with van der Waals surface area (Å²) in [5, 5.41) is 12.9. The van der Waals surface area contributed by atoms with Crippen LogP contribution in [0.3, 0.4) is 0 Å². The van der Waals surface area contributed by atoms with Crippen molar-refractivity contribution in [1.29, 1.82) is 5.26 Å². The van der Waals surface area contributed by atoms with Gasteiger partial charge in [0, 0.05) is 4.88 Å². The van der Waals surface area contributed by atoms with E-state index in [2.05, 4.69) is 11.4 Å². The van der Waals surface area contributed by atoms with Gasteiger partial charge in [-0.15, -0.1) is 11.3 Å². The minimum Gasteiger partial charge on any atom is -0.452 e. The number of fused-ring (bicyclic) bond motifs is 1. The fourth-order valence-corrected chi connectivity index (χ4v) is 4.37. The van der Waals surface area contributed by atoms with E-state index in [1.54, 1.807) is 6.92 Å². The van der Waals surface area contributed by atoms with Crippen molar-refractivity contribution in [1.82, 2.24) is 0 Å². The number of amides is 1. The summed E-state index contributed by atoms with van der Waals surface area (Å²) in [6.07, 6.45) is 7.17. The summed E-state index contributed by atoms with van der Waals surface area (Å²) >= 11 is 1.49. The fraction of sp³-hybridized carbons (Fsp3) is 0.611. The third kappa shape index (κ3) is 3.46. The average molecular weight is 346 g/mol. The van der Waals surface area contributed by atoms with Gasteiger partial charge in [-0.25, -0.2) is 0 Å². The van der Waals surface area contributed by atoms with Gasteiger partial charge in [0.25, 0.3) is 5.91 Å². The second-order valence-electron chi connectivity index (χ2n) is 6.58. The predicted octanol–water partition coefficient (Wildman–Crippen LogP) is 3.56. The summed E-state index contributed by atoms with van der Waals surface area (Å²) in [5.41, 5.74) is 1.68. The van der Waals surface area contributed by atoms with Crippen LogP contribution in [0.25, 0.3) is 0 Å². The highest BCUT2D eigenvalue weighted by atomic mass is 32.1. The molecule has 2 aliphatic rings. The lowest BCUT2D eigenvalue weighted by Gasteiger charge is -2.24. The number of esters is 1. The molecule has 0 bridgehead atoms. The number of anilines is 1. The first kappa shape index (κ1) is 17.0. The Morgan fingerprint density at radius 2 is 2.00 bits per heavy atom. The molecule has 1 aromatic rings. The molecular weight excluding hydrogens is 324 g/mol. The number of thiophene rings is 1. The molecule has 1 saturated carbocycles. The van der Waals surface area contributed by atoms with E-state index >= 15 is 0 Å². The SMILES string of the molecule is CC(OC(=O)C1CCC1)C(=O)Nc1sc2c(c1C#N)CCCCC2. The lowest BCUT2D eigenvalue weighted by atomic mass is 9.86. The Bertz CT molecular complexity index is 685. The van der Waals surface area contributed by atoms with E-state index in [1.165, 1.54) is 22.6 Å². The molecule has 0 aromatic carbocycles. The van der Waals surface area contributed by atoms with Crippen LogP contribution in [0.15, 0.2) is 0 Å². The van der Waals surface area contributed by atoms with Gasteiger partial charge in [0.1, 0.15) is 11.1 Å². The number of hydrogen-bond acceptors (Lipinski definition) is 5. The van der Waals surface area contributed by atoms with E-state index in [1.807, 2.05) is 0 Å². The number of nitrogens with zero attached hydrogens (tertiary/aromatic N) is 1. The Kier molecular flexibility index (Phi) is 5.20. The Hall–Kier alpha value is -1.87. The van der Waals surface area contributed by atoms with E-state index in [9.17, 15) is 14.9 Å². The average Bonchev–Trinajstić information content (AvgIpc) is 2.65. The largest absolute Gasteiger partial charge is 0.452 e. The van der Waals surface area contributed by atoms with Crippen molar-refractivity contribution < 1.29 is 14.3 Å². The van der Waals surface area contributed by atoms with Gasteiger partial charge in [0.15, 0.2) is 6.10 Å². The molecule has 128 valence electrons. The topological polar surface area (TPSA) is 79.2 Å². The zero-order valence-electron chi connectivity index (χ0n) is 13.9. The molecule has 1 aromatic heterocycles. The molecule has 1 amide bonds. The molecule has 3 rings (SSSR count). The molecule has 6 heteroatoms. The van der Waals surface area contributed by atoms with Crippen molar-refractivity contribution in [3.05, 3.63) is 16.0 Å². The van der Waals surface area contributed by atoms with Crippen molar-refractivity contribution >= 4 is 28.2 Å². The zero-order valence-corrected chi connectivity index (χ0v) is 14.7. The lowest BCUT2D eigenvalue weighted by molar-refractivity contribution is -0.159. The maximum atomic E-state index is 12.3. The highest BCUT2D eigenvalue weighted by molar-refractivity contribution is 7.16. The number of aryl methyl sites for hydroxylation is 1. The van der Waals surface area contributed by atoms with E-state index in [0.29, 0.717) is 10.6 Å². The quantitative estimate of drug-likeness (QED) is 0.668. The molecule has 5 nitrogen and oxygen atoms in total. The van der Waals surface area contributed by atoms with Crippen molar-refractivity contribution in [2.75, 3.05) is 5.32 Å². The summed E-state index contributed by atoms with van der Waals surface area (Å²) < 4.78 is 5.25. The Balaban J connectivity index is 1.67. The predicted molar refractivity (Wildman–Crippen MR) is 91.8 cm³/mol. The molecule has 1 fully saturated rings. The van der Waals surface area contributed by atoms with E-state index in [0.717, 1.165) is 50.5 Å². The third-order valence-corrected chi connectivity index (χ3v) is 6.08. The first-order valence-electron chi connectivity index (χ1n) is 8.66. The van der Waals surface area contributed by atoms with Crippen molar-refractivity contribution in [3.8, 4) is 6.07 Å². The molecule has 0 spiro atoms. The van der Waals surface area contributed by atoms with Crippen molar-refractivity contribution in [3.63, 3.8) is 0 Å². The molecule has 2 aliphatic carbocycles. The van der Waals surface area contributed by atoms with Gasteiger partial charge in [-0.1, -0.05) is 12.8 Å². The van der Waals surface area contributed by atoms with Crippen LogP contribution in [0.5, 0.6) is 0 Å². The van der Waals surface area contributed by atoms with Crippen LogP contribution in [0.4, 0.5) is 5.00 Å². The van der Waals surface area contributed by atoms with Crippen LogP contribution in [0.2, 0.25) is 0 Å². The van der Waals surface area contributed by atoms with Gasteiger partial charge in [0.05, 0.1) is 11.5 Å². The first-order chi connectivity index (χ1) is 11.6. The monoisotopic (exact) mass is 346 g/mol. The van der Waals surface area contributed by atoms with Crippen LogP contribution < -0.4 is 5.32 Å². The normalized spacial score (nSPS) is 18.5. The number of carbonyl (C=O) groups excluding carboxylic acids is 2. The maximum Gasteiger partial charge on any atom is 0.309 e. The minimum atomic E-state index is -0.841. The van der Waals surface area contributed by atoms with E-state index < -0.39 is 6.10 Å². The van der Waals surface area contributed by atoms with Crippen LogP contribution in [-0.2, 0) is 27.2 Å². The Labute approximate surface area is 146 Å². The van der Waals surface area contributed by atoms with E-state index in [4.69, 9.17) is 4.74 Å². The molecule has 0 aliphatic heterocycles. The molecule has 1 heterocycles. The second-order valence-corrected chi connectivity index (χ2v) is 7.68. The molecule has 1 unspecified atom stereocenters. The first-order valence-corrected chi connectivity index (χ1v) is 9.47. The third-order valence-electron chi connectivity index (χ3n) is 4.87. The summed E-state index contributed by atoms with van der Waals surface area (Å²) in [7, 11) is 0. The molecular formula is C18H22N2O3S. The molecule has 1 atom stereocenters. The van der Waals surface area contributed by atoms with Gasteiger partial charge < -0.3 is 10.1 Å². The Morgan fingerprint density at radius 3 is 2.67 bits per heavy atom. The Morgan fingerprint density at radius 1 is 1.25 bits per heavy atom. The number of carbonyl (C=O) groups is 2. The number of rotatable bonds is 4. The standard InChI is InChI=1S/C18H22N2O3S/c1-11(23-18(22)12-6-5-7-12)16(21)20-17-14(10-19)13-8-3-2-4-9-15(13)24-17/h11-12H,2-9H2,1H3,(H,20,21). The van der Waals surface area contributed by atoms with Gasteiger partial charge in [-0.3, -0.25) is 9.59 Å². The highest BCUT2D eigenvalue weighted by Crippen LogP contribution is 2.37.